The second-order valence-electron chi connectivity index (χ2n) is 4.46. The zero-order valence-electron chi connectivity index (χ0n) is 12.2. The Bertz CT molecular complexity index is 457. The van der Waals surface area contributed by atoms with Crippen LogP contribution < -0.4 is 5.32 Å². The molecule has 2 rings (SSSR count). The molecule has 1 aromatic carbocycles. The highest BCUT2D eigenvalue weighted by Gasteiger charge is 2.17. The van der Waals surface area contributed by atoms with Crippen molar-refractivity contribution < 1.29 is 14.6 Å². The molecule has 1 saturated heterocycles. The maximum atomic E-state index is 11.1. The second kappa shape index (κ2) is 8.27. The van der Waals surface area contributed by atoms with Crippen LogP contribution in [0.1, 0.15) is 42.6 Å². The molecule has 4 nitrogen and oxygen atoms in total. The first-order chi connectivity index (χ1) is 9.58. The van der Waals surface area contributed by atoms with Crippen LogP contribution in [0.5, 0.6) is 0 Å². The van der Waals surface area contributed by atoms with Crippen LogP contribution in [-0.4, -0.2) is 30.3 Å². The van der Waals surface area contributed by atoms with Crippen LogP contribution in [0.15, 0.2) is 16.6 Å². The van der Waals surface area contributed by atoms with Crippen LogP contribution in [0.3, 0.4) is 0 Å². The van der Waals surface area contributed by atoms with Gasteiger partial charge in [-0.3, -0.25) is 0 Å². The Morgan fingerprint density at radius 1 is 1.35 bits per heavy atom. The average molecular weight is 344 g/mol. The van der Waals surface area contributed by atoms with Crippen molar-refractivity contribution in [2.75, 3.05) is 18.5 Å². The van der Waals surface area contributed by atoms with Gasteiger partial charge in [0.05, 0.1) is 5.56 Å². The first-order valence-electron chi connectivity index (χ1n) is 6.95. The maximum absolute atomic E-state index is 11.1. The lowest BCUT2D eigenvalue weighted by molar-refractivity contribution is 0.0696. The van der Waals surface area contributed by atoms with Gasteiger partial charge in [0.2, 0.25) is 0 Å². The minimum atomic E-state index is -0.899. The van der Waals surface area contributed by atoms with Gasteiger partial charge in [0.25, 0.3) is 0 Å². The quantitative estimate of drug-likeness (QED) is 0.868. The van der Waals surface area contributed by atoms with E-state index in [2.05, 4.69) is 21.2 Å². The van der Waals surface area contributed by atoms with Gasteiger partial charge in [0.1, 0.15) is 0 Å². The van der Waals surface area contributed by atoms with E-state index in [1.807, 2.05) is 26.8 Å². The lowest BCUT2D eigenvalue weighted by atomic mass is 10.0. The number of carbonyl (C=O) groups is 1. The van der Waals surface area contributed by atoms with Crippen LogP contribution in [0, 0.1) is 6.92 Å². The molecule has 1 aromatic rings. The summed E-state index contributed by atoms with van der Waals surface area (Å²) in [6.07, 6.45) is 1.91. The lowest BCUT2D eigenvalue weighted by Crippen LogP contribution is -2.28. The Hall–Kier alpha value is -1.07. The fraction of sp³-hybridized carbons (Fsp3) is 0.533. The van der Waals surface area contributed by atoms with Crippen LogP contribution in [-0.2, 0) is 4.74 Å². The fourth-order valence-electron chi connectivity index (χ4n) is 2.11. The minimum Gasteiger partial charge on any atom is -0.478 e. The van der Waals surface area contributed by atoms with Crippen molar-refractivity contribution in [3.8, 4) is 0 Å². The van der Waals surface area contributed by atoms with E-state index in [9.17, 15) is 4.79 Å². The minimum absolute atomic E-state index is 0.332. The standard InChI is InChI=1S/C13H16BrNO3.C2H6/c1-8-11(13(16)17)6-9(14)7-12(8)15-10-2-4-18-5-3-10;1-2/h6-7,10,15H,2-5H2,1H3,(H,16,17);1-2H3. The molecule has 5 heteroatoms. The zero-order valence-corrected chi connectivity index (χ0v) is 13.8. The van der Waals surface area contributed by atoms with E-state index in [1.54, 1.807) is 6.07 Å². The zero-order chi connectivity index (χ0) is 15.1. The van der Waals surface area contributed by atoms with Gasteiger partial charge in [0.15, 0.2) is 0 Å². The second-order valence-corrected chi connectivity index (χ2v) is 5.38. The molecule has 1 aliphatic heterocycles. The van der Waals surface area contributed by atoms with Gasteiger partial charge in [-0.25, -0.2) is 4.79 Å². The summed E-state index contributed by atoms with van der Waals surface area (Å²) in [6.45, 7) is 7.35. The molecule has 0 bridgehead atoms. The van der Waals surface area contributed by atoms with Crippen molar-refractivity contribution in [1.82, 2.24) is 0 Å². The number of halogens is 1. The molecule has 112 valence electrons. The number of carboxylic acid groups (broad SMARTS) is 1. The fourth-order valence-corrected chi connectivity index (χ4v) is 2.57. The van der Waals surface area contributed by atoms with E-state index in [0.29, 0.717) is 11.6 Å². The summed E-state index contributed by atoms with van der Waals surface area (Å²) in [4.78, 5) is 11.1. The summed E-state index contributed by atoms with van der Waals surface area (Å²) in [5.41, 5.74) is 1.99. The van der Waals surface area contributed by atoms with E-state index in [0.717, 1.165) is 41.8 Å². The molecule has 0 aliphatic carbocycles. The molecular weight excluding hydrogens is 322 g/mol. The molecule has 0 saturated carbocycles. The van der Waals surface area contributed by atoms with E-state index < -0.39 is 5.97 Å². The maximum Gasteiger partial charge on any atom is 0.336 e. The topological polar surface area (TPSA) is 58.6 Å². The Morgan fingerprint density at radius 3 is 2.50 bits per heavy atom. The molecule has 1 aliphatic rings. The van der Waals surface area contributed by atoms with Gasteiger partial charge in [-0.15, -0.1) is 0 Å². The number of carboxylic acids is 1. The lowest BCUT2D eigenvalue weighted by Gasteiger charge is -2.25. The molecule has 1 fully saturated rings. The third-order valence-corrected chi connectivity index (χ3v) is 3.64. The van der Waals surface area contributed by atoms with Crippen molar-refractivity contribution in [3.63, 3.8) is 0 Å². The summed E-state index contributed by atoms with van der Waals surface area (Å²) >= 11 is 3.35. The van der Waals surface area contributed by atoms with Crippen LogP contribution >= 0.6 is 15.9 Å². The van der Waals surface area contributed by atoms with E-state index >= 15 is 0 Å². The summed E-state index contributed by atoms with van der Waals surface area (Å²) in [7, 11) is 0. The van der Waals surface area contributed by atoms with Crippen LogP contribution in [0.25, 0.3) is 0 Å². The summed E-state index contributed by atoms with van der Waals surface area (Å²) < 4.78 is 6.09. The number of aromatic carboxylic acids is 1. The molecule has 0 atom stereocenters. The molecule has 0 radical (unpaired) electrons. The normalized spacial score (nSPS) is 15.2. The molecular formula is C15H22BrNO3. The van der Waals surface area contributed by atoms with Crippen molar-refractivity contribution in [2.24, 2.45) is 0 Å². The van der Waals surface area contributed by atoms with E-state index in [4.69, 9.17) is 9.84 Å². The van der Waals surface area contributed by atoms with Gasteiger partial charge in [-0.1, -0.05) is 29.8 Å². The highest BCUT2D eigenvalue weighted by Crippen LogP contribution is 2.27. The third-order valence-electron chi connectivity index (χ3n) is 3.18. The first-order valence-corrected chi connectivity index (χ1v) is 7.75. The highest BCUT2D eigenvalue weighted by atomic mass is 79.9. The first kappa shape index (κ1) is 17.0. The van der Waals surface area contributed by atoms with Crippen molar-refractivity contribution >= 4 is 27.6 Å². The van der Waals surface area contributed by atoms with Gasteiger partial charge in [-0.05, 0) is 37.5 Å². The molecule has 2 N–H and O–H groups in total. The number of rotatable bonds is 3. The van der Waals surface area contributed by atoms with Crippen LogP contribution in [0.2, 0.25) is 0 Å². The summed E-state index contributed by atoms with van der Waals surface area (Å²) in [6, 6.07) is 3.91. The predicted molar refractivity (Wildman–Crippen MR) is 84.7 cm³/mol. The average Bonchev–Trinajstić information content (AvgIpc) is 2.45. The van der Waals surface area contributed by atoms with Crippen molar-refractivity contribution in [3.05, 3.63) is 27.7 Å². The summed E-state index contributed by atoms with van der Waals surface area (Å²) in [5, 5.41) is 12.6. The predicted octanol–water partition coefficient (Wildman–Crippen LogP) is 4.07. The van der Waals surface area contributed by atoms with Crippen molar-refractivity contribution in [1.29, 1.82) is 0 Å². The SMILES string of the molecule is CC.Cc1c(NC2CCOCC2)cc(Br)cc1C(=O)O. The van der Waals surface area contributed by atoms with Gasteiger partial charge < -0.3 is 15.2 Å². The number of ether oxygens (including phenoxy) is 1. The number of hydrogen-bond acceptors (Lipinski definition) is 3. The number of anilines is 1. The molecule has 0 amide bonds. The van der Waals surface area contributed by atoms with Crippen molar-refractivity contribution in [2.45, 2.75) is 39.7 Å². The molecule has 0 unspecified atom stereocenters. The number of benzene rings is 1. The Kier molecular flexibility index (Phi) is 7.02. The summed E-state index contributed by atoms with van der Waals surface area (Å²) in [5.74, 6) is -0.899. The van der Waals surface area contributed by atoms with Gasteiger partial charge >= 0.3 is 5.97 Å². The van der Waals surface area contributed by atoms with Gasteiger partial charge in [-0.2, -0.15) is 0 Å². The van der Waals surface area contributed by atoms with E-state index in [-0.39, 0.29) is 0 Å². The Labute approximate surface area is 128 Å². The molecule has 20 heavy (non-hydrogen) atoms. The van der Waals surface area contributed by atoms with Crippen LogP contribution in [0.4, 0.5) is 5.69 Å². The smallest absolute Gasteiger partial charge is 0.336 e. The van der Waals surface area contributed by atoms with Gasteiger partial charge in [0, 0.05) is 29.4 Å². The highest BCUT2D eigenvalue weighted by molar-refractivity contribution is 9.10. The van der Waals surface area contributed by atoms with E-state index in [1.165, 1.54) is 0 Å². The molecule has 0 spiro atoms. The number of hydrogen-bond donors (Lipinski definition) is 2. The Balaban J connectivity index is 0.000000956. The molecule has 1 heterocycles. The molecule has 0 aromatic heterocycles. The third kappa shape index (κ3) is 4.49. The number of nitrogens with one attached hydrogen (secondary N) is 1. The monoisotopic (exact) mass is 343 g/mol. The Morgan fingerprint density at radius 2 is 1.95 bits per heavy atom. The largest absolute Gasteiger partial charge is 0.478 e.